The molecule has 0 aliphatic carbocycles. The highest BCUT2D eigenvalue weighted by Crippen LogP contribution is 2.23. The van der Waals surface area contributed by atoms with E-state index in [1.54, 1.807) is 24.3 Å². The van der Waals surface area contributed by atoms with Crippen LogP contribution >= 0.6 is 0 Å². The number of rotatable bonds is 7. The molecule has 4 rings (SSSR count). The van der Waals surface area contributed by atoms with Crippen LogP contribution in [0.15, 0.2) is 107 Å². The van der Waals surface area contributed by atoms with Gasteiger partial charge >= 0.3 is 0 Å². The molecule has 0 unspecified atom stereocenters. The number of hydrogen-bond acceptors (Lipinski definition) is 3. The molecule has 5 nitrogen and oxygen atoms in total. The van der Waals surface area contributed by atoms with Crippen molar-refractivity contribution in [2.75, 3.05) is 0 Å². The second-order valence-corrected chi connectivity index (χ2v) is 8.12. The van der Waals surface area contributed by atoms with Crippen LogP contribution in [-0.2, 0) is 4.79 Å². The molecule has 0 saturated heterocycles. The van der Waals surface area contributed by atoms with Crippen LogP contribution in [0.4, 0.5) is 0 Å². The van der Waals surface area contributed by atoms with E-state index in [9.17, 15) is 9.59 Å². The molecule has 5 heteroatoms. The first kappa shape index (κ1) is 22.8. The van der Waals surface area contributed by atoms with Gasteiger partial charge in [-0.25, -0.2) is 0 Å². The summed E-state index contributed by atoms with van der Waals surface area (Å²) in [5.74, 6) is -0.341. The van der Waals surface area contributed by atoms with Crippen molar-refractivity contribution in [2.24, 2.45) is 0 Å². The third-order valence-electron chi connectivity index (χ3n) is 5.46. The Morgan fingerprint density at radius 1 is 0.765 bits per heavy atom. The van der Waals surface area contributed by atoms with Crippen molar-refractivity contribution in [3.05, 3.63) is 137 Å². The number of benzene rings is 3. The minimum atomic E-state index is -0.425. The molecular formula is C29H26N2O3. The van der Waals surface area contributed by atoms with Crippen molar-refractivity contribution in [1.29, 1.82) is 0 Å². The standard InChI is InChI=1S/C29H26N2O3/c1-20-10-14-23(15-11-20)27(22-7-4-3-5-8-22)31-29(33)26(19-25-9-6-18-34-25)30-28(32)24-16-12-21(2)13-17-24/h3-19,27H,1-2H3,(H,30,32)(H,31,33)/b26-19-/t27-/m1/s1. The minimum Gasteiger partial charge on any atom is -0.465 e. The third kappa shape index (κ3) is 5.70. The van der Waals surface area contributed by atoms with E-state index in [1.165, 1.54) is 12.3 Å². The largest absolute Gasteiger partial charge is 0.465 e. The number of carbonyl (C=O) groups excluding carboxylic acids is 2. The fraction of sp³-hybridized carbons (Fsp3) is 0.103. The second kappa shape index (κ2) is 10.5. The molecule has 2 N–H and O–H groups in total. The van der Waals surface area contributed by atoms with Crippen LogP contribution in [0.25, 0.3) is 6.08 Å². The Hall–Kier alpha value is -4.38. The normalized spacial score (nSPS) is 12.1. The molecule has 0 saturated carbocycles. The Labute approximate surface area is 199 Å². The molecule has 2 amide bonds. The molecule has 4 aromatic rings. The van der Waals surface area contributed by atoms with E-state index in [0.717, 1.165) is 22.3 Å². The average molecular weight is 451 g/mol. The zero-order chi connectivity index (χ0) is 23.9. The lowest BCUT2D eigenvalue weighted by molar-refractivity contribution is -0.118. The molecule has 3 aromatic carbocycles. The van der Waals surface area contributed by atoms with Crippen LogP contribution in [0, 0.1) is 13.8 Å². The lowest BCUT2D eigenvalue weighted by atomic mass is 9.97. The average Bonchev–Trinajstić information content (AvgIpc) is 3.37. The molecule has 0 bridgehead atoms. The fourth-order valence-electron chi connectivity index (χ4n) is 3.55. The van der Waals surface area contributed by atoms with E-state index in [1.807, 2.05) is 80.6 Å². The first-order valence-electron chi connectivity index (χ1n) is 11.1. The van der Waals surface area contributed by atoms with Crippen LogP contribution < -0.4 is 10.6 Å². The smallest absolute Gasteiger partial charge is 0.268 e. The molecule has 1 heterocycles. The topological polar surface area (TPSA) is 71.3 Å². The fourth-order valence-corrected chi connectivity index (χ4v) is 3.55. The van der Waals surface area contributed by atoms with E-state index in [-0.39, 0.29) is 11.6 Å². The van der Waals surface area contributed by atoms with Gasteiger partial charge in [0.25, 0.3) is 11.8 Å². The van der Waals surface area contributed by atoms with E-state index < -0.39 is 11.9 Å². The summed E-state index contributed by atoms with van der Waals surface area (Å²) in [5, 5.41) is 5.84. The van der Waals surface area contributed by atoms with E-state index in [0.29, 0.717) is 11.3 Å². The van der Waals surface area contributed by atoms with Gasteiger partial charge in [0, 0.05) is 11.6 Å². The zero-order valence-corrected chi connectivity index (χ0v) is 19.1. The summed E-state index contributed by atoms with van der Waals surface area (Å²) in [5.41, 5.74) is 4.60. The van der Waals surface area contributed by atoms with Gasteiger partial charge in [-0.1, -0.05) is 77.9 Å². The number of hydrogen-bond donors (Lipinski definition) is 2. The summed E-state index contributed by atoms with van der Waals surface area (Å²) in [6.07, 6.45) is 3.04. The van der Waals surface area contributed by atoms with Gasteiger partial charge in [0.05, 0.1) is 12.3 Å². The van der Waals surface area contributed by atoms with Crippen molar-refractivity contribution in [1.82, 2.24) is 10.6 Å². The maximum Gasteiger partial charge on any atom is 0.268 e. The second-order valence-electron chi connectivity index (χ2n) is 8.12. The van der Waals surface area contributed by atoms with Gasteiger partial charge in [0.2, 0.25) is 0 Å². The Morgan fingerprint density at radius 2 is 1.38 bits per heavy atom. The predicted octanol–water partition coefficient (Wildman–Crippen LogP) is 5.57. The molecule has 0 aliphatic rings. The van der Waals surface area contributed by atoms with Crippen LogP contribution in [-0.4, -0.2) is 11.8 Å². The lowest BCUT2D eigenvalue weighted by Crippen LogP contribution is -2.37. The number of furan rings is 1. The number of carbonyl (C=O) groups is 2. The highest BCUT2D eigenvalue weighted by molar-refractivity contribution is 6.05. The van der Waals surface area contributed by atoms with E-state index >= 15 is 0 Å². The Kier molecular flexibility index (Phi) is 7.04. The van der Waals surface area contributed by atoms with Crippen LogP contribution in [0.1, 0.15) is 44.4 Å². The van der Waals surface area contributed by atoms with E-state index in [2.05, 4.69) is 10.6 Å². The zero-order valence-electron chi connectivity index (χ0n) is 19.1. The SMILES string of the molecule is Cc1ccc(C(=O)N/C(=C\c2ccco2)C(=O)N[C@H](c2ccccc2)c2ccc(C)cc2)cc1. The monoisotopic (exact) mass is 450 g/mol. The van der Waals surface area contributed by atoms with Gasteiger partial charge < -0.3 is 15.1 Å². The maximum absolute atomic E-state index is 13.5. The summed E-state index contributed by atoms with van der Waals surface area (Å²) < 4.78 is 5.40. The van der Waals surface area contributed by atoms with Crippen LogP contribution in [0.2, 0.25) is 0 Å². The summed E-state index contributed by atoms with van der Waals surface area (Å²) in [6, 6.07) is 27.9. The summed E-state index contributed by atoms with van der Waals surface area (Å²) in [6.45, 7) is 3.97. The van der Waals surface area contributed by atoms with Crippen LogP contribution in [0.3, 0.4) is 0 Å². The van der Waals surface area contributed by atoms with Crippen molar-refractivity contribution in [2.45, 2.75) is 19.9 Å². The molecule has 170 valence electrons. The number of amides is 2. The minimum absolute atomic E-state index is 0.0913. The number of nitrogens with one attached hydrogen (secondary N) is 2. The van der Waals surface area contributed by atoms with Crippen molar-refractivity contribution in [3.63, 3.8) is 0 Å². The highest BCUT2D eigenvalue weighted by atomic mass is 16.3. The van der Waals surface area contributed by atoms with Crippen molar-refractivity contribution in [3.8, 4) is 0 Å². The molecular weight excluding hydrogens is 424 g/mol. The lowest BCUT2D eigenvalue weighted by Gasteiger charge is -2.21. The third-order valence-corrected chi connectivity index (χ3v) is 5.46. The molecule has 1 atom stereocenters. The first-order chi connectivity index (χ1) is 16.5. The molecule has 0 radical (unpaired) electrons. The molecule has 1 aromatic heterocycles. The summed E-state index contributed by atoms with van der Waals surface area (Å²) in [7, 11) is 0. The Morgan fingerprint density at radius 3 is 2.00 bits per heavy atom. The van der Waals surface area contributed by atoms with Crippen molar-refractivity contribution >= 4 is 17.9 Å². The molecule has 0 fully saturated rings. The van der Waals surface area contributed by atoms with Gasteiger partial charge in [-0.3, -0.25) is 9.59 Å². The first-order valence-corrected chi connectivity index (χ1v) is 11.1. The Balaban J connectivity index is 1.64. The predicted molar refractivity (Wildman–Crippen MR) is 133 cm³/mol. The number of aryl methyl sites for hydroxylation is 2. The summed E-state index contributed by atoms with van der Waals surface area (Å²) >= 11 is 0. The quantitative estimate of drug-likeness (QED) is 0.362. The van der Waals surface area contributed by atoms with Gasteiger partial charge in [-0.2, -0.15) is 0 Å². The maximum atomic E-state index is 13.5. The van der Waals surface area contributed by atoms with Crippen molar-refractivity contribution < 1.29 is 14.0 Å². The highest BCUT2D eigenvalue weighted by Gasteiger charge is 2.21. The molecule has 0 spiro atoms. The van der Waals surface area contributed by atoms with Gasteiger partial charge in [-0.15, -0.1) is 0 Å². The molecule has 0 aliphatic heterocycles. The van der Waals surface area contributed by atoms with Crippen LogP contribution in [0.5, 0.6) is 0 Å². The van der Waals surface area contributed by atoms with E-state index in [4.69, 9.17) is 4.42 Å². The van der Waals surface area contributed by atoms with Gasteiger partial charge in [0.15, 0.2) is 0 Å². The van der Waals surface area contributed by atoms with Gasteiger partial charge in [0.1, 0.15) is 11.5 Å². The Bertz CT molecular complexity index is 1270. The summed E-state index contributed by atoms with van der Waals surface area (Å²) in [4.78, 5) is 26.4. The van der Waals surface area contributed by atoms with Gasteiger partial charge in [-0.05, 0) is 49.2 Å². The molecule has 34 heavy (non-hydrogen) atoms.